The van der Waals surface area contributed by atoms with Crippen LogP contribution >= 0.6 is 0 Å². The number of imidazole rings is 1. The van der Waals surface area contributed by atoms with Gasteiger partial charge >= 0.3 is 0 Å². The molecule has 214 valence electrons. The number of rotatable bonds is 15. The van der Waals surface area contributed by atoms with E-state index in [-0.39, 0.29) is 5.91 Å². The van der Waals surface area contributed by atoms with E-state index < -0.39 is 0 Å². The molecule has 2 heterocycles. The summed E-state index contributed by atoms with van der Waals surface area (Å²) in [5, 5.41) is 1.02. The molecule has 0 spiro atoms. The summed E-state index contributed by atoms with van der Waals surface area (Å²) in [5.41, 5.74) is 9.95. The average Bonchev–Trinajstić information content (AvgIpc) is 3.33. The number of methoxy groups -OCH3 is 1. The summed E-state index contributed by atoms with van der Waals surface area (Å²) in [6.07, 6.45) is 1.42. The number of hydrogen-bond acceptors (Lipinski definition) is 7. The molecule has 0 aliphatic heterocycles. The Bertz CT molecular complexity index is 1420. The molecule has 4 rings (SSSR count). The topological polar surface area (TPSA) is 98.7 Å². The summed E-state index contributed by atoms with van der Waals surface area (Å²) in [5.74, 6) is 2.28. The van der Waals surface area contributed by atoms with Crippen LogP contribution in [0.4, 0.5) is 5.82 Å². The number of carbonyl (C=O) groups excluding carboxylic acids is 1. The number of anilines is 1. The van der Waals surface area contributed by atoms with Crippen molar-refractivity contribution in [1.29, 1.82) is 0 Å². The Hall–Kier alpha value is -3.69. The maximum absolute atomic E-state index is 13.5. The summed E-state index contributed by atoms with van der Waals surface area (Å²) in [7, 11) is 1.69. The maximum atomic E-state index is 13.5. The number of ether oxygens (including phenoxy) is 2. The molecule has 2 aromatic heterocycles. The smallest absolute Gasteiger partial charge is 0.237 e. The van der Waals surface area contributed by atoms with Crippen LogP contribution in [0.1, 0.15) is 38.6 Å². The van der Waals surface area contributed by atoms with Crippen molar-refractivity contribution < 1.29 is 14.3 Å². The van der Waals surface area contributed by atoms with Gasteiger partial charge in [-0.2, -0.15) is 0 Å². The first-order valence-electron chi connectivity index (χ1n) is 14.2. The summed E-state index contributed by atoms with van der Waals surface area (Å²) < 4.78 is 13.3. The van der Waals surface area contributed by atoms with Crippen LogP contribution in [0.5, 0.6) is 5.75 Å². The van der Waals surface area contributed by atoms with Gasteiger partial charge in [-0.25, -0.2) is 9.97 Å². The zero-order chi connectivity index (χ0) is 28.5. The van der Waals surface area contributed by atoms with Gasteiger partial charge in [0.05, 0.1) is 30.8 Å². The number of fused-ring (bicyclic) bond motifs is 3. The molecule has 9 nitrogen and oxygen atoms in total. The molecule has 0 radical (unpaired) electrons. The molecule has 4 aromatic rings. The number of para-hydroxylation sites is 1. The fourth-order valence-electron chi connectivity index (χ4n) is 5.10. The van der Waals surface area contributed by atoms with Crippen molar-refractivity contribution in [2.75, 3.05) is 52.2 Å². The molecule has 2 aromatic carbocycles. The summed E-state index contributed by atoms with van der Waals surface area (Å²) in [6, 6.07) is 16.0. The Morgan fingerprint density at radius 3 is 2.60 bits per heavy atom. The molecular formula is C31H42N6O3. The number of nitrogens with two attached hydrogens (primary N) is 1. The Morgan fingerprint density at radius 2 is 1.85 bits per heavy atom. The number of nitrogen functional groups attached to an aromatic ring is 1. The van der Waals surface area contributed by atoms with E-state index in [0.29, 0.717) is 57.1 Å². The number of benzene rings is 2. The number of aromatic nitrogens is 3. The van der Waals surface area contributed by atoms with E-state index in [0.717, 1.165) is 53.1 Å². The first-order chi connectivity index (χ1) is 19.5. The second kappa shape index (κ2) is 14.1. The molecule has 0 bridgehead atoms. The molecule has 0 aliphatic carbocycles. The molecule has 0 saturated carbocycles. The summed E-state index contributed by atoms with van der Waals surface area (Å²) in [6.45, 7) is 11.2. The van der Waals surface area contributed by atoms with Crippen molar-refractivity contribution in [3.8, 4) is 5.75 Å². The standard InChI is InChI=1S/C31H42N6O3/c1-5-35(6-2)22-28(38)36(21-23-12-10-13-24(20-23)40-7-3)17-11-18-37-27(16-19-39-4)34-29-30(37)25-14-8-9-15-26(25)33-31(29)32/h8-10,12-15,20H,5-7,11,16-19,21-22H2,1-4H3,(H2,32,33). The van der Waals surface area contributed by atoms with Gasteiger partial charge in [0.2, 0.25) is 5.91 Å². The second-order valence-corrected chi connectivity index (χ2v) is 9.84. The number of carbonyl (C=O) groups is 1. The van der Waals surface area contributed by atoms with Crippen molar-refractivity contribution in [3.05, 3.63) is 59.9 Å². The minimum absolute atomic E-state index is 0.125. The normalized spacial score (nSPS) is 11.5. The Morgan fingerprint density at radius 1 is 1.05 bits per heavy atom. The highest BCUT2D eigenvalue weighted by Gasteiger charge is 2.20. The molecule has 1 amide bonds. The van der Waals surface area contributed by atoms with Crippen LogP contribution < -0.4 is 10.5 Å². The quantitative estimate of drug-likeness (QED) is 0.234. The fourth-order valence-corrected chi connectivity index (χ4v) is 5.10. The van der Waals surface area contributed by atoms with E-state index in [4.69, 9.17) is 20.2 Å². The van der Waals surface area contributed by atoms with E-state index in [1.165, 1.54) is 0 Å². The molecular weight excluding hydrogens is 504 g/mol. The van der Waals surface area contributed by atoms with Crippen molar-refractivity contribution >= 4 is 33.7 Å². The minimum atomic E-state index is 0.125. The van der Waals surface area contributed by atoms with Gasteiger partial charge in [-0.1, -0.05) is 44.2 Å². The molecule has 0 atom stereocenters. The molecule has 0 unspecified atom stereocenters. The zero-order valence-electron chi connectivity index (χ0n) is 24.2. The summed E-state index contributed by atoms with van der Waals surface area (Å²) >= 11 is 0. The average molecular weight is 547 g/mol. The van der Waals surface area contributed by atoms with Gasteiger partial charge in [-0.05, 0) is 50.2 Å². The zero-order valence-corrected chi connectivity index (χ0v) is 24.2. The van der Waals surface area contributed by atoms with Crippen LogP contribution in [0.2, 0.25) is 0 Å². The van der Waals surface area contributed by atoms with Gasteiger partial charge in [0.1, 0.15) is 17.1 Å². The molecule has 2 N–H and O–H groups in total. The lowest BCUT2D eigenvalue weighted by Crippen LogP contribution is -2.40. The van der Waals surface area contributed by atoms with Crippen molar-refractivity contribution in [2.45, 2.75) is 46.7 Å². The fraction of sp³-hybridized carbons (Fsp3) is 0.452. The number of hydrogen-bond donors (Lipinski definition) is 1. The van der Waals surface area contributed by atoms with E-state index in [9.17, 15) is 4.79 Å². The van der Waals surface area contributed by atoms with Gasteiger partial charge < -0.3 is 24.7 Å². The van der Waals surface area contributed by atoms with Crippen molar-refractivity contribution in [3.63, 3.8) is 0 Å². The van der Waals surface area contributed by atoms with Crippen LogP contribution in [-0.2, 0) is 29.0 Å². The monoisotopic (exact) mass is 546 g/mol. The second-order valence-electron chi connectivity index (χ2n) is 9.84. The van der Waals surface area contributed by atoms with Gasteiger partial charge in [-0.15, -0.1) is 0 Å². The van der Waals surface area contributed by atoms with Crippen molar-refractivity contribution in [2.24, 2.45) is 0 Å². The van der Waals surface area contributed by atoms with Crippen LogP contribution in [0.25, 0.3) is 21.9 Å². The lowest BCUT2D eigenvalue weighted by Gasteiger charge is -2.27. The lowest BCUT2D eigenvalue weighted by molar-refractivity contribution is -0.133. The molecule has 0 saturated heterocycles. The molecule has 0 aliphatic rings. The van der Waals surface area contributed by atoms with Crippen LogP contribution in [0, 0.1) is 0 Å². The predicted octanol–water partition coefficient (Wildman–Crippen LogP) is 4.52. The largest absolute Gasteiger partial charge is 0.494 e. The first-order valence-corrected chi connectivity index (χ1v) is 14.2. The third-order valence-electron chi connectivity index (χ3n) is 7.22. The molecule has 0 fully saturated rings. The van der Waals surface area contributed by atoms with Crippen LogP contribution in [-0.4, -0.2) is 76.7 Å². The van der Waals surface area contributed by atoms with Crippen LogP contribution in [0.3, 0.4) is 0 Å². The number of nitrogens with zero attached hydrogens (tertiary/aromatic N) is 5. The molecule has 40 heavy (non-hydrogen) atoms. The van der Waals surface area contributed by atoms with Crippen molar-refractivity contribution in [1.82, 2.24) is 24.3 Å². The highest BCUT2D eigenvalue weighted by atomic mass is 16.5. The predicted molar refractivity (Wildman–Crippen MR) is 160 cm³/mol. The maximum Gasteiger partial charge on any atom is 0.237 e. The van der Waals surface area contributed by atoms with E-state index in [2.05, 4.69) is 34.4 Å². The summed E-state index contributed by atoms with van der Waals surface area (Å²) in [4.78, 5) is 27.1. The lowest BCUT2D eigenvalue weighted by atomic mass is 10.1. The van der Waals surface area contributed by atoms with E-state index in [1.807, 2.05) is 54.3 Å². The highest BCUT2D eigenvalue weighted by Crippen LogP contribution is 2.29. The van der Waals surface area contributed by atoms with Gasteiger partial charge in [0, 0.05) is 38.6 Å². The third-order valence-corrected chi connectivity index (χ3v) is 7.22. The van der Waals surface area contributed by atoms with Gasteiger partial charge in [-0.3, -0.25) is 9.69 Å². The SMILES string of the molecule is CCOc1cccc(CN(CCCn2c(CCOC)nc3c(N)nc4ccccc4c32)C(=O)CN(CC)CC)c1. The van der Waals surface area contributed by atoms with Gasteiger partial charge in [0.15, 0.2) is 5.82 Å². The Kier molecular flexibility index (Phi) is 10.3. The third kappa shape index (κ3) is 6.89. The highest BCUT2D eigenvalue weighted by molar-refractivity contribution is 6.06. The first kappa shape index (κ1) is 29.3. The van der Waals surface area contributed by atoms with Gasteiger partial charge in [0.25, 0.3) is 0 Å². The van der Waals surface area contributed by atoms with E-state index >= 15 is 0 Å². The number of pyridine rings is 1. The molecule has 9 heteroatoms. The van der Waals surface area contributed by atoms with E-state index in [1.54, 1.807) is 7.11 Å². The Labute approximate surface area is 236 Å². The Balaban J connectivity index is 1.61. The number of aryl methyl sites for hydroxylation is 1. The number of amides is 1. The number of likely N-dealkylation sites (N-methyl/N-ethyl adjacent to an activating group) is 1. The van der Waals surface area contributed by atoms with Crippen LogP contribution in [0.15, 0.2) is 48.5 Å². The minimum Gasteiger partial charge on any atom is -0.494 e.